The van der Waals surface area contributed by atoms with Crippen LogP contribution in [0.5, 0.6) is 11.5 Å². The van der Waals surface area contributed by atoms with Crippen molar-refractivity contribution in [3.8, 4) is 11.5 Å². The molecular weight excluding hydrogens is 527 g/mol. The van der Waals surface area contributed by atoms with E-state index in [9.17, 15) is 31.7 Å². The number of thioether (sulfide) groups is 1. The van der Waals surface area contributed by atoms with E-state index >= 15 is 0 Å². The van der Waals surface area contributed by atoms with Crippen molar-refractivity contribution in [2.24, 2.45) is 0 Å². The summed E-state index contributed by atoms with van der Waals surface area (Å²) in [6.45, 7) is -0.779. The number of rotatable bonds is 10. The molecule has 0 aliphatic carbocycles. The van der Waals surface area contributed by atoms with Gasteiger partial charge in [0.1, 0.15) is 10.5 Å². The van der Waals surface area contributed by atoms with Crippen LogP contribution in [0, 0.1) is 10.1 Å². The quantitative estimate of drug-likeness (QED) is 0.178. The molecule has 2 aromatic carbocycles. The van der Waals surface area contributed by atoms with E-state index in [1.54, 1.807) is 6.07 Å². The van der Waals surface area contributed by atoms with Crippen molar-refractivity contribution in [1.82, 2.24) is 0 Å². The van der Waals surface area contributed by atoms with Gasteiger partial charge in [-0.1, -0.05) is 6.07 Å². The Bertz CT molecular complexity index is 1200. The van der Waals surface area contributed by atoms with E-state index in [-0.39, 0.29) is 29.4 Å². The number of ether oxygens (including phenoxy) is 3. The smallest absolute Gasteiger partial charge is 0.420 e. The molecule has 1 aliphatic rings. The molecule has 2 aromatic rings. The second kappa shape index (κ2) is 11.7. The molecule has 1 unspecified atom stereocenters. The van der Waals surface area contributed by atoms with Crippen molar-refractivity contribution in [2.45, 2.75) is 29.2 Å². The standard InChI is InChI=1S/C22H24F3NO8S2/c1-31-17-11-14-5-4-10-35-18(19(14)20(21(17)32-2)22(23,24)25)13-33-8-9-34-36(29,30)16-7-3-6-15(12-16)26(27)28/h3,6-7,11-12,18H,4-5,8-10,13H2,1-2H3. The van der Waals surface area contributed by atoms with E-state index in [0.717, 1.165) is 25.3 Å². The van der Waals surface area contributed by atoms with Crippen LogP contribution < -0.4 is 9.47 Å². The maximum atomic E-state index is 14.1. The summed E-state index contributed by atoms with van der Waals surface area (Å²) in [5, 5.41) is 10.2. The number of non-ortho nitro benzene ring substituents is 1. The first-order valence-electron chi connectivity index (χ1n) is 10.7. The molecule has 36 heavy (non-hydrogen) atoms. The highest BCUT2D eigenvalue weighted by Crippen LogP contribution is 2.50. The zero-order valence-corrected chi connectivity index (χ0v) is 21.0. The van der Waals surface area contributed by atoms with Gasteiger partial charge in [0.15, 0.2) is 11.5 Å². The van der Waals surface area contributed by atoms with Crippen LogP contribution in [0.4, 0.5) is 18.9 Å². The van der Waals surface area contributed by atoms with Gasteiger partial charge < -0.3 is 14.2 Å². The molecule has 1 heterocycles. The van der Waals surface area contributed by atoms with Gasteiger partial charge in [-0.2, -0.15) is 33.4 Å². The number of nitro groups is 1. The van der Waals surface area contributed by atoms with Gasteiger partial charge in [0.25, 0.3) is 15.8 Å². The summed E-state index contributed by atoms with van der Waals surface area (Å²) in [6.07, 6.45) is -3.62. The number of halogens is 3. The number of methoxy groups -OCH3 is 2. The van der Waals surface area contributed by atoms with Crippen LogP contribution in [0.3, 0.4) is 0 Å². The molecule has 198 valence electrons. The van der Waals surface area contributed by atoms with Gasteiger partial charge >= 0.3 is 6.18 Å². The first-order valence-corrected chi connectivity index (χ1v) is 13.1. The van der Waals surface area contributed by atoms with Crippen LogP contribution in [0.15, 0.2) is 35.2 Å². The average Bonchev–Trinajstić information content (AvgIpc) is 3.03. The van der Waals surface area contributed by atoms with Gasteiger partial charge in [0.05, 0.1) is 44.2 Å². The molecule has 0 N–H and O–H groups in total. The maximum Gasteiger partial charge on any atom is 0.420 e. The van der Waals surface area contributed by atoms with Gasteiger partial charge in [-0.05, 0) is 41.9 Å². The second-order valence-electron chi connectivity index (χ2n) is 7.63. The zero-order valence-electron chi connectivity index (χ0n) is 19.4. The van der Waals surface area contributed by atoms with E-state index in [0.29, 0.717) is 24.2 Å². The molecular formula is C22H24F3NO8S2. The molecule has 0 fully saturated rings. The van der Waals surface area contributed by atoms with Crippen molar-refractivity contribution < 1.29 is 44.9 Å². The predicted octanol–water partition coefficient (Wildman–Crippen LogP) is 4.77. The van der Waals surface area contributed by atoms with Crippen molar-refractivity contribution in [3.05, 3.63) is 57.1 Å². The van der Waals surface area contributed by atoms with Crippen LogP contribution in [-0.4, -0.2) is 53.1 Å². The number of benzene rings is 2. The fourth-order valence-electron chi connectivity index (χ4n) is 3.83. The molecule has 0 saturated heterocycles. The Hall–Kier alpha value is -2.55. The van der Waals surface area contributed by atoms with Crippen LogP contribution in [0.2, 0.25) is 0 Å². The Kier molecular flexibility index (Phi) is 9.08. The fourth-order valence-corrected chi connectivity index (χ4v) is 5.99. The zero-order chi connectivity index (χ0) is 26.5. The molecule has 14 heteroatoms. The normalized spacial score (nSPS) is 16.2. The molecule has 3 rings (SSSR count). The molecule has 0 saturated carbocycles. The number of hydrogen-bond donors (Lipinski definition) is 0. The fraction of sp³-hybridized carbons (Fsp3) is 0.455. The summed E-state index contributed by atoms with van der Waals surface area (Å²) in [5.74, 6) is 0.194. The third-order valence-corrected chi connectivity index (χ3v) is 7.97. The summed E-state index contributed by atoms with van der Waals surface area (Å²) in [4.78, 5) is 9.75. The molecule has 0 spiro atoms. The minimum atomic E-state index is -4.71. The summed E-state index contributed by atoms with van der Waals surface area (Å²) >= 11 is 1.31. The van der Waals surface area contributed by atoms with Crippen LogP contribution in [0.1, 0.15) is 28.4 Å². The highest BCUT2D eigenvalue weighted by molar-refractivity contribution is 7.99. The first-order chi connectivity index (χ1) is 17.0. The number of nitro benzene ring substituents is 1. The van der Waals surface area contributed by atoms with E-state index in [1.807, 2.05) is 0 Å². The molecule has 0 radical (unpaired) electrons. The number of alkyl halides is 3. The molecule has 0 aromatic heterocycles. The SMILES string of the molecule is COc1cc2c(c(C(F)(F)F)c1OC)C(COCCOS(=O)(=O)c1cccc([N+](=O)[O-])c1)SCCC2. The lowest BCUT2D eigenvalue weighted by atomic mass is 9.93. The van der Waals surface area contributed by atoms with Gasteiger partial charge in [0, 0.05) is 12.1 Å². The number of nitrogens with zero attached hydrogens (tertiary/aromatic N) is 1. The maximum absolute atomic E-state index is 14.1. The van der Waals surface area contributed by atoms with E-state index in [4.69, 9.17) is 18.4 Å². The summed E-state index contributed by atoms with van der Waals surface area (Å²) in [7, 11) is -1.87. The van der Waals surface area contributed by atoms with Crippen molar-refractivity contribution in [3.63, 3.8) is 0 Å². The summed E-state index contributed by atoms with van der Waals surface area (Å²) < 4.78 is 87.7. The number of aryl methyl sites for hydroxylation is 1. The Morgan fingerprint density at radius 2 is 1.92 bits per heavy atom. The third kappa shape index (κ3) is 6.41. The van der Waals surface area contributed by atoms with Crippen LogP contribution in [-0.2, 0) is 31.6 Å². The molecule has 9 nitrogen and oxygen atoms in total. The lowest BCUT2D eigenvalue weighted by molar-refractivity contribution is -0.385. The van der Waals surface area contributed by atoms with E-state index < -0.39 is 50.1 Å². The minimum Gasteiger partial charge on any atom is -0.493 e. The van der Waals surface area contributed by atoms with Gasteiger partial charge in [-0.15, -0.1) is 0 Å². The van der Waals surface area contributed by atoms with Crippen LogP contribution in [0.25, 0.3) is 0 Å². The van der Waals surface area contributed by atoms with Crippen molar-refractivity contribution >= 4 is 27.6 Å². The van der Waals surface area contributed by atoms with Crippen molar-refractivity contribution in [1.29, 1.82) is 0 Å². The number of fused-ring (bicyclic) bond motifs is 1. The first kappa shape index (κ1) is 28.0. The molecule has 0 amide bonds. The molecule has 1 aliphatic heterocycles. The summed E-state index contributed by atoms with van der Waals surface area (Å²) in [6, 6.07) is 5.94. The highest BCUT2D eigenvalue weighted by atomic mass is 32.2. The topological polar surface area (TPSA) is 114 Å². The Balaban J connectivity index is 1.73. The van der Waals surface area contributed by atoms with Gasteiger partial charge in [0.2, 0.25) is 0 Å². The predicted molar refractivity (Wildman–Crippen MR) is 125 cm³/mol. The second-order valence-corrected chi connectivity index (χ2v) is 10.6. The minimum absolute atomic E-state index is 0.00472. The number of hydrogen-bond acceptors (Lipinski definition) is 9. The Morgan fingerprint density at radius 1 is 1.17 bits per heavy atom. The van der Waals surface area contributed by atoms with Gasteiger partial charge in [-0.3, -0.25) is 14.3 Å². The average molecular weight is 552 g/mol. The molecule has 0 bridgehead atoms. The van der Waals surface area contributed by atoms with Crippen LogP contribution >= 0.6 is 11.8 Å². The Labute approximate surface area is 210 Å². The lowest BCUT2D eigenvalue weighted by Gasteiger charge is -2.25. The van der Waals surface area contributed by atoms with E-state index in [1.165, 1.54) is 24.9 Å². The monoisotopic (exact) mass is 551 g/mol. The largest absolute Gasteiger partial charge is 0.493 e. The van der Waals surface area contributed by atoms with Gasteiger partial charge in [-0.25, -0.2) is 0 Å². The lowest BCUT2D eigenvalue weighted by Crippen LogP contribution is -2.19. The molecule has 1 atom stereocenters. The highest BCUT2D eigenvalue weighted by Gasteiger charge is 2.42. The van der Waals surface area contributed by atoms with E-state index in [2.05, 4.69) is 0 Å². The Morgan fingerprint density at radius 3 is 2.56 bits per heavy atom. The summed E-state index contributed by atoms with van der Waals surface area (Å²) in [5.41, 5.74) is -0.768. The van der Waals surface area contributed by atoms with Crippen molar-refractivity contribution in [2.75, 3.05) is 39.8 Å². The third-order valence-electron chi connectivity index (χ3n) is 5.36.